The summed E-state index contributed by atoms with van der Waals surface area (Å²) in [4.78, 5) is 60.0. The molecule has 12 heteroatoms. The normalized spacial score (nSPS) is 28.5. The third kappa shape index (κ3) is 7.73. The zero-order valence-electron chi connectivity index (χ0n) is 29.1. The number of halogens is 1. The first-order chi connectivity index (χ1) is 24.2. The number of likely N-dealkylation sites (tertiary alicyclic amines) is 1. The van der Waals surface area contributed by atoms with Crippen molar-refractivity contribution in [1.29, 1.82) is 0 Å². The second-order valence-corrected chi connectivity index (χ2v) is 15.1. The maximum Gasteiger partial charge on any atom is 0.313 e. The zero-order chi connectivity index (χ0) is 35.8. The highest BCUT2D eigenvalue weighted by atomic mass is 79.9. The van der Waals surface area contributed by atoms with Gasteiger partial charge in [0.25, 0.3) is 0 Å². The third-order valence-corrected chi connectivity index (χ3v) is 11.6. The number of hydrogen-bond acceptors (Lipinski definition) is 8. The Labute approximate surface area is 303 Å². The third-order valence-electron chi connectivity index (χ3n) is 10.7. The van der Waals surface area contributed by atoms with Gasteiger partial charge in [0.05, 0.1) is 30.6 Å². The summed E-state index contributed by atoms with van der Waals surface area (Å²) in [5.41, 5.74) is -0.582. The van der Waals surface area contributed by atoms with Gasteiger partial charge in [0, 0.05) is 44.1 Å². The lowest BCUT2D eigenvalue weighted by atomic mass is 9.70. The van der Waals surface area contributed by atoms with Crippen LogP contribution in [0.2, 0.25) is 0 Å². The van der Waals surface area contributed by atoms with Gasteiger partial charge < -0.3 is 34.4 Å². The van der Waals surface area contributed by atoms with Crippen LogP contribution < -0.4 is 5.32 Å². The van der Waals surface area contributed by atoms with E-state index in [-0.39, 0.29) is 54.8 Å². The quantitative estimate of drug-likeness (QED) is 0.0984. The molecule has 3 heterocycles. The molecule has 274 valence electrons. The molecule has 1 saturated carbocycles. The summed E-state index contributed by atoms with van der Waals surface area (Å²) in [5, 5.41) is 12.5. The molecule has 2 N–H and O–H groups in total. The molecule has 1 aromatic rings. The number of alkyl halides is 1. The average molecular weight is 759 g/mol. The second kappa shape index (κ2) is 17.4. The van der Waals surface area contributed by atoms with E-state index in [2.05, 4.69) is 34.4 Å². The molecule has 1 unspecified atom stereocenters. The largest absolute Gasteiger partial charge is 0.455 e. The number of aliphatic hydroxyl groups excluding tert-OH is 1. The van der Waals surface area contributed by atoms with Gasteiger partial charge in [-0.1, -0.05) is 77.7 Å². The number of allylic oxidation sites excluding steroid dienone is 1. The van der Waals surface area contributed by atoms with Crippen LogP contribution in [-0.4, -0.2) is 107 Å². The number of esters is 1. The molecular formula is C38H52BrN3O8. The van der Waals surface area contributed by atoms with Gasteiger partial charge in [-0.15, -0.1) is 13.2 Å². The van der Waals surface area contributed by atoms with E-state index in [0.717, 1.165) is 32.1 Å². The highest BCUT2D eigenvalue weighted by molar-refractivity contribution is 9.09. The van der Waals surface area contributed by atoms with Crippen LogP contribution in [0.3, 0.4) is 0 Å². The van der Waals surface area contributed by atoms with Gasteiger partial charge in [-0.25, -0.2) is 0 Å². The van der Waals surface area contributed by atoms with Crippen LogP contribution in [0.5, 0.6) is 0 Å². The van der Waals surface area contributed by atoms with Crippen molar-refractivity contribution in [3.63, 3.8) is 0 Å². The highest BCUT2D eigenvalue weighted by Crippen LogP contribution is 2.60. The molecule has 0 radical (unpaired) electrons. The number of nitrogens with one attached hydrogen (secondary N) is 1. The standard InChI is InChI=1S/C38H52BrN3O8/c1-4-6-19-29(44)40-28(24-48-3)32(25-15-9-7-10-16-25)49-37(47)30-31-35(45)42(21-13-14-22-43)34(38(31)23-27(39)33(30)50-38)36(46)41(20-5-2)26-17-11-8-12-18-26/h4-5,7,9-10,15-16,26-28,30-34,43H,1-2,6,8,11-14,17-24H2,3H3,(H,40,44)/t27?,28-,30-,31+,32-,33-,34-,38+/m0/s1. The Morgan fingerprint density at radius 1 is 1.16 bits per heavy atom. The Bertz CT molecular complexity index is 1370. The first kappa shape index (κ1) is 38.2. The summed E-state index contributed by atoms with van der Waals surface area (Å²) in [7, 11) is 1.51. The molecule has 11 nitrogen and oxygen atoms in total. The number of unbranched alkanes of at least 4 members (excludes halogenated alkanes) is 1. The predicted molar refractivity (Wildman–Crippen MR) is 191 cm³/mol. The van der Waals surface area contributed by atoms with E-state index in [1.165, 1.54) is 7.11 Å². The molecule has 5 rings (SSSR count). The van der Waals surface area contributed by atoms with Gasteiger partial charge in [-0.2, -0.15) is 0 Å². The number of benzene rings is 1. The van der Waals surface area contributed by atoms with Crippen molar-refractivity contribution in [2.45, 2.75) is 105 Å². The Morgan fingerprint density at radius 3 is 2.56 bits per heavy atom. The van der Waals surface area contributed by atoms with Crippen LogP contribution in [0.1, 0.15) is 75.9 Å². The zero-order valence-corrected chi connectivity index (χ0v) is 30.6. The van der Waals surface area contributed by atoms with Crippen LogP contribution >= 0.6 is 15.9 Å². The molecule has 1 spiro atoms. The fourth-order valence-corrected chi connectivity index (χ4v) is 9.49. The number of amides is 3. The summed E-state index contributed by atoms with van der Waals surface area (Å²) in [6.45, 7) is 8.26. The summed E-state index contributed by atoms with van der Waals surface area (Å²) >= 11 is 3.76. The number of aliphatic hydroxyl groups is 1. The van der Waals surface area contributed by atoms with E-state index >= 15 is 0 Å². The van der Waals surface area contributed by atoms with Gasteiger partial charge in [0.15, 0.2) is 0 Å². The van der Waals surface area contributed by atoms with Crippen molar-refractivity contribution in [2.24, 2.45) is 11.8 Å². The van der Waals surface area contributed by atoms with E-state index in [4.69, 9.17) is 14.2 Å². The number of fused-ring (bicyclic) bond motifs is 1. The number of methoxy groups -OCH3 is 1. The Kier molecular flexibility index (Phi) is 13.3. The molecule has 1 aromatic carbocycles. The number of ether oxygens (including phenoxy) is 3. The fraction of sp³-hybridized carbons (Fsp3) is 0.632. The van der Waals surface area contributed by atoms with Gasteiger partial charge in [0.2, 0.25) is 17.7 Å². The Morgan fingerprint density at radius 2 is 1.90 bits per heavy atom. The summed E-state index contributed by atoms with van der Waals surface area (Å²) in [6.07, 6.45) is 8.76. The number of carbonyl (C=O) groups excluding carboxylic acids is 4. The minimum atomic E-state index is -1.24. The van der Waals surface area contributed by atoms with Crippen molar-refractivity contribution in [1.82, 2.24) is 15.1 Å². The molecule has 3 saturated heterocycles. The number of hydrogen-bond donors (Lipinski definition) is 2. The van der Waals surface area contributed by atoms with Crippen LogP contribution in [0.25, 0.3) is 0 Å². The summed E-state index contributed by atoms with van der Waals surface area (Å²) in [6, 6.07) is 7.52. The van der Waals surface area contributed by atoms with Gasteiger partial charge in [0.1, 0.15) is 17.7 Å². The molecule has 4 fully saturated rings. The molecule has 2 bridgehead atoms. The van der Waals surface area contributed by atoms with Crippen molar-refractivity contribution < 1.29 is 38.5 Å². The highest BCUT2D eigenvalue weighted by Gasteiger charge is 2.77. The fourth-order valence-electron chi connectivity index (χ4n) is 8.55. The molecular weight excluding hydrogens is 706 g/mol. The van der Waals surface area contributed by atoms with E-state index in [1.54, 1.807) is 17.1 Å². The minimum Gasteiger partial charge on any atom is -0.455 e. The Balaban J connectivity index is 1.49. The van der Waals surface area contributed by atoms with Crippen LogP contribution in [0.15, 0.2) is 55.6 Å². The molecule has 3 aliphatic heterocycles. The molecule has 8 atom stereocenters. The van der Waals surface area contributed by atoms with Crippen molar-refractivity contribution in [2.75, 3.05) is 33.4 Å². The predicted octanol–water partition coefficient (Wildman–Crippen LogP) is 4.24. The SMILES string of the molecule is C=CCCC(=O)N[C@@H](COC)[C@@H](OC(=O)[C@@H]1[C@H]2O[C@@]3(CC2Br)[C@H](C(=O)N(CC=C)C2CCCCC2)N(CCCCO)C(=O)[C@@H]13)c1ccccc1. The molecule has 1 aliphatic carbocycles. The van der Waals surface area contributed by atoms with E-state index in [0.29, 0.717) is 37.8 Å². The van der Waals surface area contributed by atoms with Crippen LogP contribution in [-0.2, 0) is 33.4 Å². The molecule has 0 aromatic heterocycles. The smallest absolute Gasteiger partial charge is 0.313 e. The van der Waals surface area contributed by atoms with E-state index in [9.17, 15) is 24.3 Å². The number of nitrogens with zero attached hydrogens (tertiary/aromatic N) is 2. The second-order valence-electron chi connectivity index (χ2n) is 13.9. The van der Waals surface area contributed by atoms with Crippen molar-refractivity contribution >= 4 is 39.6 Å². The maximum absolute atomic E-state index is 14.8. The van der Waals surface area contributed by atoms with Crippen molar-refractivity contribution in [3.8, 4) is 0 Å². The Hall–Kier alpha value is -3.06. The van der Waals surface area contributed by atoms with E-state index in [1.807, 2.05) is 35.2 Å². The lowest BCUT2D eigenvalue weighted by Crippen LogP contribution is -2.58. The van der Waals surface area contributed by atoms with Gasteiger partial charge in [-0.05, 0) is 44.1 Å². The molecule has 50 heavy (non-hydrogen) atoms. The van der Waals surface area contributed by atoms with Crippen LogP contribution in [0.4, 0.5) is 0 Å². The average Bonchev–Trinajstić information content (AvgIpc) is 3.72. The summed E-state index contributed by atoms with van der Waals surface area (Å²) < 4.78 is 18.6. The maximum atomic E-state index is 14.8. The molecule has 3 amide bonds. The minimum absolute atomic E-state index is 0.0317. The monoisotopic (exact) mass is 757 g/mol. The van der Waals surface area contributed by atoms with E-state index < -0.39 is 47.7 Å². The molecule has 4 aliphatic rings. The topological polar surface area (TPSA) is 135 Å². The lowest BCUT2D eigenvalue weighted by Gasteiger charge is -2.41. The van der Waals surface area contributed by atoms with Crippen LogP contribution in [0, 0.1) is 11.8 Å². The van der Waals surface area contributed by atoms with Gasteiger partial charge in [-0.3, -0.25) is 19.2 Å². The summed E-state index contributed by atoms with van der Waals surface area (Å²) in [5.74, 6) is -3.29. The lowest BCUT2D eigenvalue weighted by molar-refractivity contribution is -0.163. The van der Waals surface area contributed by atoms with Crippen molar-refractivity contribution in [3.05, 3.63) is 61.2 Å². The van der Waals surface area contributed by atoms with Gasteiger partial charge >= 0.3 is 5.97 Å². The number of carbonyl (C=O) groups is 4. The first-order valence-corrected chi connectivity index (χ1v) is 18.9. The number of rotatable bonds is 18. The first-order valence-electron chi connectivity index (χ1n) is 18.0.